The van der Waals surface area contributed by atoms with Gasteiger partial charge in [-0.3, -0.25) is 0 Å². The zero-order valence-corrected chi connectivity index (χ0v) is 20.0. The quantitative estimate of drug-likeness (QED) is 0.282. The molecule has 2 radical (unpaired) electrons. The Kier molecular flexibility index (Phi) is 17.0. The van der Waals surface area contributed by atoms with Crippen LogP contribution in [-0.4, -0.2) is 21.1 Å². The van der Waals surface area contributed by atoms with Gasteiger partial charge in [-0.1, -0.05) is 69.2 Å². The van der Waals surface area contributed by atoms with E-state index in [9.17, 15) is 0 Å². The van der Waals surface area contributed by atoms with E-state index < -0.39 is 0 Å². The van der Waals surface area contributed by atoms with E-state index in [-0.39, 0.29) is 31.0 Å². The standard InChI is InChI=1S/C12H11P.2C4H9.H3P.Sn/c1-3-7-11(8-4-1)13-12-9-5-2-6-10-12;2*1-3-4-2;;/h1-10,13H;2*1,3-4H2,2H3;1H3;. The van der Waals surface area contributed by atoms with Crippen LogP contribution in [0.3, 0.4) is 0 Å². The fourth-order valence-electron chi connectivity index (χ4n) is 1.94. The number of hydrogen-bond donors (Lipinski definition) is 0. The van der Waals surface area contributed by atoms with Crippen LogP contribution in [0.25, 0.3) is 0 Å². The van der Waals surface area contributed by atoms with Crippen LogP contribution in [0.2, 0.25) is 8.87 Å². The van der Waals surface area contributed by atoms with Crippen LogP contribution >= 0.6 is 18.5 Å². The summed E-state index contributed by atoms with van der Waals surface area (Å²) in [6.07, 6.45) is 5.84. The molecule has 0 aliphatic heterocycles. The van der Waals surface area contributed by atoms with Crippen molar-refractivity contribution in [2.75, 3.05) is 0 Å². The topological polar surface area (TPSA) is 0 Å². The Balaban J connectivity index is 0.000000434. The SMILES string of the molecule is CCC[CH2][Sn][CH2]CCC.P.c1ccc(Pc2ccccc2)cc1. The molecule has 0 spiro atoms. The molecule has 0 bridgehead atoms. The third-order valence-corrected chi connectivity index (χ3v) is 8.53. The molecule has 0 amide bonds. The number of rotatable bonds is 8. The molecule has 1 unspecified atom stereocenters. The third kappa shape index (κ3) is 13.1. The van der Waals surface area contributed by atoms with E-state index in [1.54, 1.807) is 8.87 Å². The first kappa shape index (κ1) is 23.1. The second-order valence-corrected chi connectivity index (χ2v) is 11.0. The smallest absolute Gasteiger partial charge is 0.0226 e. The molecule has 0 aliphatic carbocycles. The molecule has 2 aromatic rings. The molecule has 0 fully saturated rings. The van der Waals surface area contributed by atoms with Crippen molar-refractivity contribution >= 4 is 50.2 Å². The molecule has 23 heavy (non-hydrogen) atoms. The van der Waals surface area contributed by atoms with E-state index in [0.717, 1.165) is 8.58 Å². The average molecular weight is 453 g/mol. The van der Waals surface area contributed by atoms with Gasteiger partial charge in [-0.05, 0) is 10.6 Å². The maximum atomic E-state index is 2.29. The van der Waals surface area contributed by atoms with Crippen LogP contribution in [0.1, 0.15) is 39.5 Å². The van der Waals surface area contributed by atoms with E-state index >= 15 is 0 Å². The van der Waals surface area contributed by atoms with Gasteiger partial charge in [0.15, 0.2) is 0 Å². The first-order valence-electron chi connectivity index (χ1n) is 8.44. The fraction of sp³-hybridized carbons (Fsp3) is 0.400. The van der Waals surface area contributed by atoms with Crippen molar-refractivity contribution in [2.45, 2.75) is 48.4 Å². The number of benzene rings is 2. The second-order valence-electron chi connectivity index (χ2n) is 5.31. The molecule has 0 saturated heterocycles. The Hall–Kier alpha value is 0.0987. The van der Waals surface area contributed by atoms with Gasteiger partial charge >= 0.3 is 69.5 Å². The first-order chi connectivity index (χ1) is 10.9. The second kappa shape index (κ2) is 16.9. The summed E-state index contributed by atoms with van der Waals surface area (Å²) in [6, 6.07) is 21.2. The van der Waals surface area contributed by atoms with Gasteiger partial charge in [-0.15, -0.1) is 0 Å². The predicted molar refractivity (Wildman–Crippen MR) is 117 cm³/mol. The first-order valence-corrected chi connectivity index (χ1v) is 13.5. The Morgan fingerprint density at radius 2 is 1.09 bits per heavy atom. The predicted octanol–water partition coefficient (Wildman–Crippen LogP) is 5.50. The summed E-state index contributed by atoms with van der Waals surface area (Å²) in [5.74, 6) is 0. The molecule has 1 atom stereocenters. The minimum absolute atomic E-state index is 0. The van der Waals surface area contributed by atoms with E-state index in [1.165, 1.54) is 36.3 Å². The van der Waals surface area contributed by atoms with Crippen molar-refractivity contribution in [2.24, 2.45) is 0 Å². The minimum atomic E-state index is 0. The van der Waals surface area contributed by atoms with Crippen LogP contribution in [0.4, 0.5) is 0 Å². The van der Waals surface area contributed by atoms with Crippen molar-refractivity contribution in [3.8, 4) is 0 Å². The van der Waals surface area contributed by atoms with Crippen molar-refractivity contribution < 1.29 is 0 Å². The van der Waals surface area contributed by atoms with Gasteiger partial charge in [0.1, 0.15) is 0 Å². The third-order valence-electron chi connectivity index (χ3n) is 3.25. The van der Waals surface area contributed by atoms with Gasteiger partial charge in [0.25, 0.3) is 0 Å². The maximum absolute atomic E-state index is 2.29. The van der Waals surface area contributed by atoms with Gasteiger partial charge in [0.05, 0.1) is 0 Å². The van der Waals surface area contributed by atoms with Crippen LogP contribution in [0.15, 0.2) is 60.7 Å². The van der Waals surface area contributed by atoms with Crippen molar-refractivity contribution in [3.63, 3.8) is 0 Å². The Morgan fingerprint density at radius 3 is 1.43 bits per heavy atom. The summed E-state index contributed by atoms with van der Waals surface area (Å²) in [6.45, 7) is 4.58. The summed E-state index contributed by atoms with van der Waals surface area (Å²) >= 11 is 0.149. The molecule has 0 aliphatic rings. The van der Waals surface area contributed by atoms with E-state index in [2.05, 4.69) is 74.5 Å². The van der Waals surface area contributed by atoms with Gasteiger partial charge in [0, 0.05) is 0 Å². The van der Waals surface area contributed by atoms with E-state index in [4.69, 9.17) is 0 Å². The molecule has 0 aromatic heterocycles. The Bertz CT molecular complexity index is 416. The fourth-order valence-corrected chi connectivity index (χ4v) is 7.15. The summed E-state index contributed by atoms with van der Waals surface area (Å²) in [5.41, 5.74) is 0. The molecule has 0 N–H and O–H groups in total. The van der Waals surface area contributed by atoms with Gasteiger partial charge in [-0.25, -0.2) is 0 Å². The monoisotopic (exact) mass is 454 g/mol. The van der Waals surface area contributed by atoms with Crippen LogP contribution in [0.5, 0.6) is 0 Å². The summed E-state index contributed by atoms with van der Waals surface area (Å²) in [4.78, 5) is 0. The zero-order chi connectivity index (χ0) is 15.9. The number of hydrogen-bond acceptors (Lipinski definition) is 0. The molecule has 0 nitrogen and oxygen atoms in total. The molecular formula is C20H32P2Sn. The summed E-state index contributed by atoms with van der Waals surface area (Å²) in [5, 5.41) is 2.79. The van der Waals surface area contributed by atoms with Crippen molar-refractivity contribution in [1.29, 1.82) is 0 Å². The summed E-state index contributed by atoms with van der Waals surface area (Å²) in [7, 11) is 0.777. The Morgan fingerprint density at radius 1 is 0.696 bits per heavy atom. The molecule has 2 aromatic carbocycles. The minimum Gasteiger partial charge on any atom is -0.153 e. The van der Waals surface area contributed by atoms with Crippen molar-refractivity contribution in [3.05, 3.63) is 60.7 Å². The van der Waals surface area contributed by atoms with E-state index in [1.807, 2.05) is 0 Å². The zero-order valence-electron chi connectivity index (χ0n) is 14.7. The molecule has 0 heterocycles. The largest absolute Gasteiger partial charge is 0.153 e. The van der Waals surface area contributed by atoms with Crippen LogP contribution in [-0.2, 0) is 0 Å². The van der Waals surface area contributed by atoms with Gasteiger partial charge in [0.2, 0.25) is 0 Å². The van der Waals surface area contributed by atoms with Crippen LogP contribution < -0.4 is 10.6 Å². The van der Waals surface area contributed by atoms with Gasteiger partial charge < -0.3 is 0 Å². The molecule has 0 saturated carbocycles. The van der Waals surface area contributed by atoms with Crippen LogP contribution in [0, 0.1) is 0 Å². The molecule has 3 heteroatoms. The van der Waals surface area contributed by atoms with Gasteiger partial charge in [-0.2, -0.15) is 9.90 Å². The molecule has 126 valence electrons. The maximum Gasteiger partial charge on any atom is -0.0226 e. The molecule has 2 rings (SSSR count). The van der Waals surface area contributed by atoms with Crippen molar-refractivity contribution in [1.82, 2.24) is 0 Å². The van der Waals surface area contributed by atoms with E-state index in [0.29, 0.717) is 0 Å². The molecular weight excluding hydrogens is 421 g/mol. The Labute approximate surface area is 158 Å². The number of unbranched alkanes of at least 4 members (excludes halogenated alkanes) is 2. The average Bonchev–Trinajstić information content (AvgIpc) is 2.57. The summed E-state index contributed by atoms with van der Waals surface area (Å²) < 4.78 is 3.25. The normalized spacial score (nSPS) is 9.48.